The van der Waals surface area contributed by atoms with Crippen molar-refractivity contribution >= 4 is 21.8 Å². The van der Waals surface area contributed by atoms with Crippen molar-refractivity contribution in [2.45, 2.75) is 50.2 Å². The lowest BCUT2D eigenvalue weighted by Crippen LogP contribution is -2.54. The summed E-state index contributed by atoms with van der Waals surface area (Å²) < 4.78 is 9.06. The number of unbranched alkanes of at least 4 members (excludes halogenated alkanes) is 1. The number of imidazole rings is 1. The van der Waals surface area contributed by atoms with Crippen LogP contribution in [0.5, 0.6) is 0 Å². The van der Waals surface area contributed by atoms with Gasteiger partial charge in [0.1, 0.15) is 0 Å². The minimum atomic E-state index is -0.436. The number of aliphatic hydroxyl groups excluding tert-OH is 1. The first-order chi connectivity index (χ1) is 16.6. The van der Waals surface area contributed by atoms with Crippen molar-refractivity contribution in [1.82, 2.24) is 19.1 Å². The van der Waals surface area contributed by atoms with Gasteiger partial charge in [-0.05, 0) is 60.7 Å². The number of aliphatic hydroxyl groups is 1. The summed E-state index contributed by atoms with van der Waals surface area (Å²) in [4.78, 5) is 22.5. The lowest BCUT2D eigenvalue weighted by molar-refractivity contribution is -0.0568. The molecule has 1 aliphatic carbocycles. The highest BCUT2D eigenvalue weighted by Crippen LogP contribution is 2.36. The van der Waals surface area contributed by atoms with Crippen LogP contribution in [0.4, 0.5) is 0 Å². The number of nitrogens with two attached hydrogens (primary N) is 1. The fourth-order valence-electron chi connectivity index (χ4n) is 5.07. The summed E-state index contributed by atoms with van der Waals surface area (Å²) in [6, 6.07) is 8.52. The minimum Gasteiger partial charge on any atom is -0.396 e. The Kier molecular flexibility index (Phi) is 5.24. The van der Waals surface area contributed by atoms with E-state index in [4.69, 9.17) is 15.5 Å². The highest BCUT2D eigenvalue weighted by Gasteiger charge is 2.36. The molecule has 0 atom stereocenters. The maximum atomic E-state index is 13.4. The van der Waals surface area contributed by atoms with Crippen LogP contribution in [0, 0.1) is 0 Å². The van der Waals surface area contributed by atoms with E-state index < -0.39 is 5.54 Å². The van der Waals surface area contributed by atoms with E-state index in [2.05, 4.69) is 23.2 Å². The molecule has 1 aromatic carbocycles. The Balaban J connectivity index is 1.45. The highest BCUT2D eigenvalue weighted by atomic mass is 16.5. The first-order valence-electron chi connectivity index (χ1n) is 12.0. The largest absolute Gasteiger partial charge is 0.396 e. The first-order valence-corrected chi connectivity index (χ1v) is 12.0. The van der Waals surface area contributed by atoms with E-state index in [0.717, 1.165) is 70.7 Å². The third kappa shape index (κ3) is 3.53. The van der Waals surface area contributed by atoms with Gasteiger partial charge in [-0.15, -0.1) is 0 Å². The van der Waals surface area contributed by atoms with Crippen LogP contribution in [0.3, 0.4) is 0 Å². The zero-order valence-corrected chi connectivity index (χ0v) is 19.1. The second kappa shape index (κ2) is 8.30. The molecular weight excluding hydrogens is 430 g/mol. The molecule has 4 heterocycles. The van der Waals surface area contributed by atoms with E-state index in [0.29, 0.717) is 19.8 Å². The predicted molar refractivity (Wildman–Crippen MR) is 130 cm³/mol. The van der Waals surface area contributed by atoms with Gasteiger partial charge < -0.3 is 15.6 Å². The van der Waals surface area contributed by atoms with Crippen molar-refractivity contribution in [3.8, 4) is 0 Å². The van der Waals surface area contributed by atoms with Gasteiger partial charge >= 0.3 is 5.69 Å². The summed E-state index contributed by atoms with van der Waals surface area (Å²) in [5.74, 6) is 0. The molecule has 1 saturated carbocycles. The van der Waals surface area contributed by atoms with Crippen LogP contribution >= 0.6 is 0 Å². The molecule has 0 amide bonds. The smallest absolute Gasteiger partial charge is 0.329 e. The molecule has 8 heteroatoms. The average molecular weight is 460 g/mol. The molecule has 2 aliphatic rings. The Hall–Kier alpha value is -3.07. The van der Waals surface area contributed by atoms with Crippen molar-refractivity contribution in [1.29, 1.82) is 0 Å². The van der Waals surface area contributed by atoms with Gasteiger partial charge in [-0.3, -0.25) is 19.1 Å². The molecule has 34 heavy (non-hydrogen) atoms. The Bertz CT molecular complexity index is 1430. The van der Waals surface area contributed by atoms with Gasteiger partial charge in [0.05, 0.1) is 48.2 Å². The zero-order valence-electron chi connectivity index (χ0n) is 19.1. The van der Waals surface area contributed by atoms with Gasteiger partial charge in [0, 0.05) is 30.4 Å². The molecule has 0 unspecified atom stereocenters. The van der Waals surface area contributed by atoms with Gasteiger partial charge in [-0.25, -0.2) is 4.79 Å². The van der Waals surface area contributed by atoms with Crippen LogP contribution < -0.4 is 11.4 Å². The maximum absolute atomic E-state index is 13.4. The molecular formula is C26H29N5O3. The summed E-state index contributed by atoms with van der Waals surface area (Å²) >= 11 is 0. The van der Waals surface area contributed by atoms with Crippen LogP contribution in [0.15, 0.2) is 47.7 Å². The van der Waals surface area contributed by atoms with E-state index in [1.165, 1.54) is 0 Å². The van der Waals surface area contributed by atoms with Crippen molar-refractivity contribution in [3.63, 3.8) is 0 Å². The van der Waals surface area contributed by atoms with Gasteiger partial charge in [-0.2, -0.15) is 0 Å². The summed E-state index contributed by atoms with van der Waals surface area (Å²) in [6.07, 6.45) is 9.84. The highest BCUT2D eigenvalue weighted by molar-refractivity contribution is 5.86. The Morgan fingerprint density at radius 2 is 2.00 bits per heavy atom. The zero-order chi connectivity index (χ0) is 23.3. The summed E-state index contributed by atoms with van der Waals surface area (Å²) in [6.45, 7) is 1.60. The van der Waals surface area contributed by atoms with Crippen molar-refractivity contribution in [2.24, 2.45) is 5.73 Å². The number of ether oxygens (including phenoxy) is 1. The molecule has 3 aromatic heterocycles. The number of nitrogens with zero attached hydrogens (tertiary/aromatic N) is 4. The van der Waals surface area contributed by atoms with E-state index in [-0.39, 0.29) is 18.3 Å². The predicted octanol–water partition coefficient (Wildman–Crippen LogP) is 2.63. The minimum absolute atomic E-state index is 0.000824. The second-order valence-electron chi connectivity index (χ2n) is 9.65. The molecule has 1 aliphatic heterocycles. The number of aryl methyl sites for hydroxylation is 1. The Labute approximate surface area is 197 Å². The molecule has 0 bridgehead atoms. The number of fused-ring (bicyclic) bond motifs is 2. The van der Waals surface area contributed by atoms with Gasteiger partial charge in [0.15, 0.2) is 0 Å². The lowest BCUT2D eigenvalue weighted by Gasteiger charge is -2.38. The molecule has 6 rings (SSSR count). The monoisotopic (exact) mass is 459 g/mol. The van der Waals surface area contributed by atoms with Crippen LogP contribution in [0.1, 0.15) is 48.5 Å². The summed E-state index contributed by atoms with van der Waals surface area (Å²) in [7, 11) is 0. The van der Waals surface area contributed by atoms with Crippen molar-refractivity contribution < 1.29 is 9.84 Å². The number of aromatic nitrogens is 4. The first kappa shape index (κ1) is 21.5. The SMILES string of the molecule is NC1(c2ccc3c(CCCCO)c(Cn4c(=O)n(C5CC5)c5ccncc54)ncc3c2)COC1. The van der Waals surface area contributed by atoms with Crippen molar-refractivity contribution in [2.75, 3.05) is 19.8 Å². The molecule has 1 saturated heterocycles. The Morgan fingerprint density at radius 1 is 1.15 bits per heavy atom. The molecule has 0 spiro atoms. The normalized spacial score (nSPS) is 17.4. The number of pyridine rings is 2. The second-order valence-corrected chi connectivity index (χ2v) is 9.65. The van der Waals surface area contributed by atoms with E-state index in [9.17, 15) is 9.90 Å². The maximum Gasteiger partial charge on any atom is 0.329 e. The topological polar surface area (TPSA) is 108 Å². The van der Waals surface area contributed by atoms with Gasteiger partial charge in [0.2, 0.25) is 0 Å². The van der Waals surface area contributed by atoms with Crippen LogP contribution in [-0.4, -0.2) is 44.0 Å². The third-order valence-electron chi connectivity index (χ3n) is 7.20. The quantitative estimate of drug-likeness (QED) is 0.392. The fraction of sp³-hybridized carbons (Fsp3) is 0.423. The number of rotatable bonds is 8. The number of benzene rings is 1. The standard InChI is InChI=1S/C26H29N5O3/c27-26(15-34-16-26)18-4-7-20-17(11-18)12-29-22(21(20)3-1-2-10-32)14-30-24-13-28-9-8-23(24)31(25(30)33)19-5-6-19/h4,7-9,11-13,19,32H,1-3,5-6,10,14-16,27H2. The van der Waals surface area contributed by atoms with E-state index in [1.54, 1.807) is 17.0 Å². The van der Waals surface area contributed by atoms with E-state index >= 15 is 0 Å². The lowest BCUT2D eigenvalue weighted by atomic mass is 9.87. The van der Waals surface area contributed by atoms with Gasteiger partial charge in [-0.1, -0.05) is 12.1 Å². The van der Waals surface area contributed by atoms with Gasteiger partial charge in [0.25, 0.3) is 0 Å². The number of hydrogen-bond donors (Lipinski definition) is 2. The van der Waals surface area contributed by atoms with Crippen molar-refractivity contribution in [3.05, 3.63) is 70.2 Å². The molecule has 176 valence electrons. The van der Waals surface area contributed by atoms with Crippen LogP contribution in [0.25, 0.3) is 21.8 Å². The number of hydrogen-bond acceptors (Lipinski definition) is 6. The molecule has 0 radical (unpaired) electrons. The molecule has 3 N–H and O–H groups in total. The average Bonchev–Trinajstić information content (AvgIpc) is 3.63. The summed E-state index contributed by atoms with van der Waals surface area (Å²) in [5.41, 5.74) is 10.9. The third-order valence-corrected chi connectivity index (χ3v) is 7.20. The molecule has 2 fully saturated rings. The molecule has 8 nitrogen and oxygen atoms in total. The van der Waals surface area contributed by atoms with E-state index in [1.807, 2.05) is 16.8 Å². The summed E-state index contributed by atoms with van der Waals surface area (Å²) in [5, 5.41) is 11.5. The molecule has 4 aromatic rings. The van der Waals surface area contributed by atoms with Crippen LogP contribution in [0.2, 0.25) is 0 Å². The fourth-order valence-corrected chi connectivity index (χ4v) is 5.07. The van der Waals surface area contributed by atoms with Crippen LogP contribution in [-0.2, 0) is 23.2 Å². The Morgan fingerprint density at radius 3 is 2.74 bits per heavy atom.